The number of aromatic nitrogens is 3. The molecule has 2 aromatic carbocycles. The van der Waals surface area contributed by atoms with Crippen LogP contribution in [-0.2, 0) is 5.75 Å². The van der Waals surface area contributed by atoms with Crippen molar-refractivity contribution in [3.05, 3.63) is 75.5 Å². The van der Waals surface area contributed by atoms with Crippen LogP contribution >= 0.6 is 39.3 Å². The molecule has 0 aliphatic rings. The van der Waals surface area contributed by atoms with Crippen molar-refractivity contribution in [3.8, 4) is 0 Å². The number of nitrogens with zero attached hydrogens (tertiary/aromatic N) is 4. The summed E-state index contributed by atoms with van der Waals surface area (Å²) in [6.07, 6.45) is 3.38. The van der Waals surface area contributed by atoms with Gasteiger partial charge in [-0.2, -0.15) is 9.78 Å². The van der Waals surface area contributed by atoms with Crippen molar-refractivity contribution < 1.29 is 0 Å². The van der Waals surface area contributed by atoms with E-state index in [9.17, 15) is 0 Å². The molecule has 116 valence electrons. The molecule has 0 unspecified atom stereocenters. The van der Waals surface area contributed by atoms with Crippen LogP contribution in [0.4, 0.5) is 0 Å². The summed E-state index contributed by atoms with van der Waals surface area (Å²) < 4.78 is 2.71. The molecule has 0 aliphatic carbocycles. The molecule has 0 bridgehead atoms. The molecule has 1 heterocycles. The zero-order valence-electron chi connectivity index (χ0n) is 11.9. The van der Waals surface area contributed by atoms with Crippen LogP contribution in [0.25, 0.3) is 0 Å². The van der Waals surface area contributed by atoms with E-state index in [1.807, 2.05) is 48.5 Å². The molecule has 7 heteroatoms. The van der Waals surface area contributed by atoms with Gasteiger partial charge in [0.15, 0.2) is 0 Å². The van der Waals surface area contributed by atoms with Crippen LogP contribution in [0, 0.1) is 0 Å². The summed E-state index contributed by atoms with van der Waals surface area (Å²) in [7, 11) is 0. The van der Waals surface area contributed by atoms with Crippen LogP contribution in [-0.4, -0.2) is 21.1 Å². The first-order valence-electron chi connectivity index (χ1n) is 6.78. The maximum atomic E-state index is 5.89. The van der Waals surface area contributed by atoms with Crippen molar-refractivity contribution in [1.29, 1.82) is 0 Å². The summed E-state index contributed by atoms with van der Waals surface area (Å²) in [5.74, 6) is 0.781. The van der Waals surface area contributed by atoms with Gasteiger partial charge in [-0.15, -0.1) is 10.2 Å². The Balaban J connectivity index is 1.67. The van der Waals surface area contributed by atoms with E-state index in [0.29, 0.717) is 0 Å². The van der Waals surface area contributed by atoms with E-state index >= 15 is 0 Å². The molecule has 0 saturated carbocycles. The molecular weight excluding hydrogens is 396 g/mol. The maximum absolute atomic E-state index is 5.89. The van der Waals surface area contributed by atoms with Crippen LogP contribution in [0.2, 0.25) is 5.02 Å². The van der Waals surface area contributed by atoms with E-state index in [1.165, 1.54) is 5.56 Å². The number of hydrogen-bond donors (Lipinski definition) is 0. The Hall–Kier alpha value is -1.63. The third-order valence-electron chi connectivity index (χ3n) is 2.98. The van der Waals surface area contributed by atoms with Crippen LogP contribution < -0.4 is 0 Å². The standard InChI is InChI=1S/C16H12BrClN4S/c17-14-5-1-12(2-6-14)9-20-22-11-19-21-16(22)23-10-13-3-7-15(18)8-4-13/h1-9,11H,10H2/b20-9-. The molecule has 0 N–H and O–H groups in total. The Labute approximate surface area is 151 Å². The van der Waals surface area contributed by atoms with E-state index in [1.54, 1.807) is 29.0 Å². The molecule has 0 spiro atoms. The third kappa shape index (κ3) is 4.67. The van der Waals surface area contributed by atoms with Crippen LogP contribution in [0.5, 0.6) is 0 Å². The Kier molecular flexibility index (Phi) is 5.48. The van der Waals surface area contributed by atoms with E-state index in [4.69, 9.17) is 11.6 Å². The van der Waals surface area contributed by atoms with Crippen molar-refractivity contribution in [1.82, 2.24) is 14.9 Å². The van der Waals surface area contributed by atoms with Crippen molar-refractivity contribution in [2.24, 2.45) is 5.10 Å². The highest BCUT2D eigenvalue weighted by Gasteiger charge is 2.04. The summed E-state index contributed by atoms with van der Waals surface area (Å²) >= 11 is 10.9. The minimum Gasteiger partial charge on any atom is -0.195 e. The number of thioether (sulfide) groups is 1. The second-order valence-electron chi connectivity index (χ2n) is 4.67. The summed E-state index contributed by atoms with van der Waals surface area (Å²) in [6.45, 7) is 0. The molecule has 0 fully saturated rings. The van der Waals surface area contributed by atoms with Gasteiger partial charge < -0.3 is 0 Å². The number of rotatable bonds is 5. The average molecular weight is 408 g/mol. The lowest BCUT2D eigenvalue weighted by atomic mass is 10.2. The molecule has 0 radical (unpaired) electrons. The largest absolute Gasteiger partial charge is 0.212 e. The maximum Gasteiger partial charge on any atom is 0.212 e. The van der Waals surface area contributed by atoms with E-state index in [0.717, 1.165) is 26.0 Å². The predicted molar refractivity (Wildman–Crippen MR) is 98.2 cm³/mol. The number of benzene rings is 2. The summed E-state index contributed by atoms with van der Waals surface area (Å²) in [5.41, 5.74) is 2.18. The fourth-order valence-corrected chi connectivity index (χ4v) is 3.01. The molecule has 0 amide bonds. The minimum absolute atomic E-state index is 0.737. The van der Waals surface area contributed by atoms with Crippen molar-refractivity contribution in [2.75, 3.05) is 0 Å². The van der Waals surface area contributed by atoms with E-state index in [-0.39, 0.29) is 0 Å². The van der Waals surface area contributed by atoms with Gasteiger partial charge >= 0.3 is 0 Å². The van der Waals surface area contributed by atoms with Gasteiger partial charge in [0.05, 0.1) is 6.21 Å². The lowest BCUT2D eigenvalue weighted by Gasteiger charge is -2.01. The van der Waals surface area contributed by atoms with Crippen LogP contribution in [0.3, 0.4) is 0 Å². The molecular formula is C16H12BrClN4S. The first-order valence-corrected chi connectivity index (χ1v) is 8.93. The molecule has 0 atom stereocenters. The highest BCUT2D eigenvalue weighted by atomic mass is 79.9. The van der Waals surface area contributed by atoms with Gasteiger partial charge in [-0.1, -0.05) is 63.6 Å². The number of halogens is 2. The Bertz CT molecular complexity index is 800. The average Bonchev–Trinajstić information content (AvgIpc) is 3.01. The summed E-state index contributed by atoms with van der Waals surface area (Å²) in [6, 6.07) is 15.7. The Morgan fingerprint density at radius 1 is 1.13 bits per heavy atom. The van der Waals surface area contributed by atoms with Gasteiger partial charge in [0.2, 0.25) is 5.16 Å². The van der Waals surface area contributed by atoms with Gasteiger partial charge in [-0.25, -0.2) is 0 Å². The minimum atomic E-state index is 0.737. The predicted octanol–water partition coefficient (Wildman–Crippen LogP) is 4.87. The quantitative estimate of drug-likeness (QED) is 0.448. The molecule has 23 heavy (non-hydrogen) atoms. The van der Waals surface area contributed by atoms with Crippen LogP contribution in [0.1, 0.15) is 11.1 Å². The Morgan fingerprint density at radius 3 is 2.61 bits per heavy atom. The fraction of sp³-hybridized carbons (Fsp3) is 0.0625. The zero-order chi connectivity index (χ0) is 16.1. The lowest BCUT2D eigenvalue weighted by Crippen LogP contribution is -1.92. The molecule has 1 aromatic heterocycles. The summed E-state index contributed by atoms with van der Waals surface area (Å²) in [4.78, 5) is 0. The lowest BCUT2D eigenvalue weighted by molar-refractivity contribution is 0.767. The first-order chi connectivity index (χ1) is 11.2. The van der Waals surface area contributed by atoms with Crippen molar-refractivity contribution >= 4 is 45.5 Å². The zero-order valence-corrected chi connectivity index (χ0v) is 15.1. The highest BCUT2D eigenvalue weighted by Crippen LogP contribution is 2.21. The van der Waals surface area contributed by atoms with Gasteiger partial charge in [-0.05, 0) is 35.4 Å². The molecule has 4 nitrogen and oxygen atoms in total. The van der Waals surface area contributed by atoms with E-state index < -0.39 is 0 Å². The first kappa shape index (κ1) is 16.2. The normalized spacial score (nSPS) is 11.2. The summed E-state index contributed by atoms with van der Waals surface area (Å²) in [5, 5.41) is 13.9. The third-order valence-corrected chi connectivity index (χ3v) is 4.77. The van der Waals surface area contributed by atoms with E-state index in [2.05, 4.69) is 31.2 Å². The van der Waals surface area contributed by atoms with Crippen LogP contribution in [0.15, 0.2) is 69.6 Å². The topological polar surface area (TPSA) is 43.1 Å². The molecule has 0 saturated heterocycles. The molecule has 3 aromatic rings. The molecule has 3 rings (SSSR count). The monoisotopic (exact) mass is 406 g/mol. The SMILES string of the molecule is Clc1ccc(CSc2nncn2/N=C\c2ccc(Br)cc2)cc1. The molecule has 0 aliphatic heterocycles. The Morgan fingerprint density at radius 2 is 1.87 bits per heavy atom. The van der Waals surface area contributed by atoms with Crippen molar-refractivity contribution in [2.45, 2.75) is 10.9 Å². The second-order valence-corrected chi connectivity index (χ2v) is 6.96. The van der Waals surface area contributed by atoms with Gasteiger partial charge in [-0.3, -0.25) is 0 Å². The second kappa shape index (κ2) is 7.77. The fourth-order valence-electron chi connectivity index (χ4n) is 1.80. The van der Waals surface area contributed by atoms with Gasteiger partial charge in [0.25, 0.3) is 0 Å². The van der Waals surface area contributed by atoms with Crippen molar-refractivity contribution in [3.63, 3.8) is 0 Å². The smallest absolute Gasteiger partial charge is 0.195 e. The highest BCUT2D eigenvalue weighted by molar-refractivity contribution is 9.10. The number of hydrogen-bond acceptors (Lipinski definition) is 4. The van der Waals surface area contributed by atoms with Gasteiger partial charge in [0, 0.05) is 15.2 Å². The van der Waals surface area contributed by atoms with Gasteiger partial charge in [0.1, 0.15) is 6.33 Å².